The van der Waals surface area contributed by atoms with E-state index < -0.39 is 0 Å². The van der Waals surface area contributed by atoms with Gasteiger partial charge in [-0.1, -0.05) is 36.4 Å². The summed E-state index contributed by atoms with van der Waals surface area (Å²) in [6, 6.07) is 45.4. The molecule has 0 bridgehead atoms. The molecule has 0 saturated carbocycles. The van der Waals surface area contributed by atoms with Crippen LogP contribution < -0.4 is 26.0 Å². The molecule has 0 fully saturated rings. The minimum atomic E-state index is 0.781. The highest BCUT2D eigenvalue weighted by molar-refractivity contribution is 5.72. The van der Waals surface area contributed by atoms with Gasteiger partial charge in [-0.3, -0.25) is 0 Å². The summed E-state index contributed by atoms with van der Waals surface area (Å²) in [6.45, 7) is 8.44. The first-order valence-corrected chi connectivity index (χ1v) is 15.2. The highest BCUT2D eigenvalue weighted by atomic mass is 16.5. The quantitative estimate of drug-likeness (QED) is 0.128. The molecule has 5 heteroatoms. The van der Waals surface area contributed by atoms with E-state index in [-0.39, 0.29) is 0 Å². The zero-order chi connectivity index (χ0) is 31.2. The van der Waals surface area contributed by atoms with Crippen LogP contribution in [0.4, 0.5) is 45.5 Å². The Kier molecular flexibility index (Phi) is 8.70. The minimum Gasteiger partial charge on any atom is -0.457 e. The van der Waals surface area contributed by atoms with E-state index in [0.717, 1.165) is 68.1 Å². The molecule has 0 amide bonds. The summed E-state index contributed by atoms with van der Waals surface area (Å²) < 4.78 is 6.13. The Labute approximate surface area is 265 Å². The van der Waals surface area contributed by atoms with E-state index in [2.05, 4.69) is 122 Å². The number of anilines is 8. The van der Waals surface area contributed by atoms with Crippen LogP contribution in [-0.2, 0) is 0 Å². The molecule has 0 atom stereocenters. The molecular formula is C40H38N4O. The van der Waals surface area contributed by atoms with Gasteiger partial charge < -0.3 is 26.0 Å². The summed E-state index contributed by atoms with van der Waals surface area (Å²) in [4.78, 5) is 0. The highest BCUT2D eigenvalue weighted by Crippen LogP contribution is 2.31. The van der Waals surface area contributed by atoms with Crippen LogP contribution in [0.2, 0.25) is 0 Å². The van der Waals surface area contributed by atoms with Crippen molar-refractivity contribution in [3.8, 4) is 11.5 Å². The first kappa shape index (κ1) is 29.4. The van der Waals surface area contributed by atoms with Crippen molar-refractivity contribution in [2.24, 2.45) is 0 Å². The Balaban J connectivity index is 1.03. The summed E-state index contributed by atoms with van der Waals surface area (Å²) in [5.74, 6) is 1.56. The SMILES string of the molecule is Cc1ccccc1Nc1ccc(Nc2ccc(Oc3ccc(Nc4ccc(Nc5ccccc5C)cc4C)cc3)cc2)c(C)c1. The van der Waals surface area contributed by atoms with E-state index in [1.807, 2.05) is 60.7 Å². The zero-order valence-electron chi connectivity index (χ0n) is 26.1. The van der Waals surface area contributed by atoms with E-state index in [4.69, 9.17) is 4.74 Å². The third-order valence-corrected chi connectivity index (χ3v) is 7.80. The van der Waals surface area contributed by atoms with Crippen LogP contribution in [0, 0.1) is 27.7 Å². The van der Waals surface area contributed by atoms with Crippen molar-refractivity contribution in [1.29, 1.82) is 0 Å². The number of nitrogens with one attached hydrogen (secondary N) is 4. The van der Waals surface area contributed by atoms with Crippen molar-refractivity contribution < 1.29 is 4.74 Å². The summed E-state index contributed by atoms with van der Waals surface area (Å²) >= 11 is 0. The number of benzene rings is 6. The van der Waals surface area contributed by atoms with Gasteiger partial charge in [-0.2, -0.15) is 0 Å². The smallest absolute Gasteiger partial charge is 0.127 e. The van der Waals surface area contributed by atoms with Gasteiger partial charge in [0.25, 0.3) is 0 Å². The maximum atomic E-state index is 6.13. The molecule has 0 aromatic heterocycles. The predicted molar refractivity (Wildman–Crippen MR) is 191 cm³/mol. The second-order valence-electron chi connectivity index (χ2n) is 11.3. The van der Waals surface area contributed by atoms with E-state index in [9.17, 15) is 0 Å². The van der Waals surface area contributed by atoms with E-state index in [1.165, 1.54) is 11.1 Å². The number of aryl methyl sites for hydroxylation is 4. The van der Waals surface area contributed by atoms with Crippen molar-refractivity contribution >= 4 is 45.5 Å². The topological polar surface area (TPSA) is 57.4 Å². The first-order valence-electron chi connectivity index (χ1n) is 15.2. The monoisotopic (exact) mass is 590 g/mol. The van der Waals surface area contributed by atoms with Gasteiger partial charge in [0.2, 0.25) is 0 Å². The Morgan fingerprint density at radius 3 is 1.04 bits per heavy atom. The highest BCUT2D eigenvalue weighted by Gasteiger charge is 2.06. The third-order valence-electron chi connectivity index (χ3n) is 7.80. The number of rotatable bonds is 10. The largest absolute Gasteiger partial charge is 0.457 e. The summed E-state index contributed by atoms with van der Waals surface area (Å²) in [5, 5.41) is 14.1. The molecule has 0 unspecified atom stereocenters. The fourth-order valence-corrected chi connectivity index (χ4v) is 5.16. The number of para-hydroxylation sites is 2. The Bertz CT molecular complexity index is 1770. The molecule has 6 aromatic rings. The van der Waals surface area contributed by atoms with Gasteiger partial charge >= 0.3 is 0 Å². The molecule has 0 aliphatic carbocycles. The van der Waals surface area contributed by atoms with Crippen LogP contribution in [0.3, 0.4) is 0 Å². The second kappa shape index (κ2) is 13.3. The normalized spacial score (nSPS) is 10.7. The molecule has 4 N–H and O–H groups in total. The van der Waals surface area contributed by atoms with Crippen LogP contribution in [0.15, 0.2) is 133 Å². The first-order chi connectivity index (χ1) is 21.9. The van der Waals surface area contributed by atoms with Gasteiger partial charge in [0.15, 0.2) is 0 Å². The Morgan fingerprint density at radius 2 is 0.667 bits per heavy atom. The molecule has 224 valence electrons. The molecular weight excluding hydrogens is 552 g/mol. The van der Waals surface area contributed by atoms with Crippen molar-refractivity contribution in [3.63, 3.8) is 0 Å². The van der Waals surface area contributed by atoms with E-state index in [1.54, 1.807) is 0 Å². The van der Waals surface area contributed by atoms with Gasteiger partial charge in [-0.05, 0) is 147 Å². The van der Waals surface area contributed by atoms with Gasteiger partial charge in [-0.25, -0.2) is 0 Å². The van der Waals surface area contributed by atoms with Crippen molar-refractivity contribution in [2.75, 3.05) is 21.3 Å². The fraction of sp³-hybridized carbons (Fsp3) is 0.100. The Hall–Kier alpha value is -5.68. The molecule has 6 aromatic carbocycles. The lowest BCUT2D eigenvalue weighted by molar-refractivity contribution is 0.483. The lowest BCUT2D eigenvalue weighted by Crippen LogP contribution is -1.97. The third kappa shape index (κ3) is 7.46. The van der Waals surface area contributed by atoms with Crippen LogP contribution in [0.1, 0.15) is 22.3 Å². The van der Waals surface area contributed by atoms with Crippen molar-refractivity contribution in [1.82, 2.24) is 0 Å². The fourth-order valence-electron chi connectivity index (χ4n) is 5.16. The maximum Gasteiger partial charge on any atom is 0.127 e. The van der Waals surface area contributed by atoms with Crippen LogP contribution >= 0.6 is 0 Å². The molecule has 0 spiro atoms. The summed E-state index contributed by atoms with van der Waals surface area (Å²) in [6.07, 6.45) is 0. The number of ether oxygens (including phenoxy) is 1. The average Bonchev–Trinajstić information content (AvgIpc) is 3.04. The average molecular weight is 591 g/mol. The van der Waals surface area contributed by atoms with Gasteiger partial charge in [0, 0.05) is 45.5 Å². The standard InChI is InChI=1S/C40H38N4O/c1-27-9-5-7-11-37(27)43-33-17-23-39(29(3)25-33)41-31-13-19-35(20-14-31)45-36-21-15-32(16-22-36)42-40-24-18-34(26-30(40)4)44-38-12-8-6-10-28(38)2/h5-26,41-44H,1-4H3. The summed E-state index contributed by atoms with van der Waals surface area (Å²) in [5.41, 5.74) is 13.3. The van der Waals surface area contributed by atoms with Crippen LogP contribution in [-0.4, -0.2) is 0 Å². The molecule has 0 saturated heterocycles. The number of hydrogen-bond acceptors (Lipinski definition) is 5. The van der Waals surface area contributed by atoms with Gasteiger partial charge in [-0.15, -0.1) is 0 Å². The van der Waals surface area contributed by atoms with Gasteiger partial charge in [0.05, 0.1) is 0 Å². The molecule has 6 rings (SSSR count). The Morgan fingerprint density at radius 1 is 0.333 bits per heavy atom. The van der Waals surface area contributed by atoms with Crippen LogP contribution in [0.25, 0.3) is 0 Å². The second-order valence-corrected chi connectivity index (χ2v) is 11.3. The predicted octanol–water partition coefficient (Wildman–Crippen LogP) is 11.7. The lowest BCUT2D eigenvalue weighted by atomic mass is 10.1. The molecule has 45 heavy (non-hydrogen) atoms. The number of hydrogen-bond donors (Lipinski definition) is 4. The van der Waals surface area contributed by atoms with Crippen molar-refractivity contribution in [2.45, 2.75) is 27.7 Å². The van der Waals surface area contributed by atoms with Crippen LogP contribution in [0.5, 0.6) is 11.5 Å². The molecule has 0 aliphatic heterocycles. The minimum absolute atomic E-state index is 0.781. The molecule has 0 radical (unpaired) electrons. The van der Waals surface area contributed by atoms with Crippen molar-refractivity contribution in [3.05, 3.63) is 156 Å². The molecule has 0 heterocycles. The summed E-state index contributed by atoms with van der Waals surface area (Å²) in [7, 11) is 0. The van der Waals surface area contributed by atoms with E-state index in [0.29, 0.717) is 0 Å². The zero-order valence-corrected chi connectivity index (χ0v) is 26.1. The van der Waals surface area contributed by atoms with Gasteiger partial charge in [0.1, 0.15) is 11.5 Å². The molecule has 5 nitrogen and oxygen atoms in total. The maximum absolute atomic E-state index is 6.13. The lowest BCUT2D eigenvalue weighted by Gasteiger charge is -2.15. The van der Waals surface area contributed by atoms with E-state index >= 15 is 0 Å². The molecule has 0 aliphatic rings.